The van der Waals surface area contributed by atoms with E-state index < -0.39 is 6.03 Å². The Morgan fingerprint density at radius 1 is 1.43 bits per heavy atom. The number of hydrogen-bond acceptors (Lipinski definition) is 6. The molecule has 2 heterocycles. The largest absolute Gasteiger partial charge is 0.467 e. The van der Waals surface area contributed by atoms with Crippen molar-refractivity contribution in [1.82, 2.24) is 25.4 Å². The summed E-state index contributed by atoms with van der Waals surface area (Å²) in [5.41, 5.74) is 0. The van der Waals surface area contributed by atoms with Gasteiger partial charge in [-0.3, -0.25) is 10.1 Å². The van der Waals surface area contributed by atoms with E-state index in [1.165, 1.54) is 18.0 Å². The minimum absolute atomic E-state index is 0.110. The Hall–Kier alpha value is -2.29. The maximum Gasteiger partial charge on any atom is 0.321 e. The van der Waals surface area contributed by atoms with Crippen LogP contribution >= 0.6 is 11.8 Å². The van der Waals surface area contributed by atoms with Crippen molar-refractivity contribution in [2.75, 3.05) is 5.75 Å². The fourth-order valence-corrected chi connectivity index (χ4v) is 2.97. The highest BCUT2D eigenvalue weighted by molar-refractivity contribution is 7.99. The third kappa shape index (κ3) is 4.13. The molecule has 0 bridgehead atoms. The zero-order valence-electron chi connectivity index (χ0n) is 12.6. The smallest absolute Gasteiger partial charge is 0.321 e. The number of amides is 3. The highest BCUT2D eigenvalue weighted by atomic mass is 32.2. The van der Waals surface area contributed by atoms with E-state index in [4.69, 9.17) is 4.42 Å². The molecule has 0 radical (unpaired) electrons. The topological polar surface area (TPSA) is 102 Å². The average Bonchev–Trinajstić information content (AvgIpc) is 3.08. The first-order chi connectivity index (χ1) is 11.1. The SMILES string of the molecule is Cc1nnc(SCC(=O)NC(=O)NCc2ccco2)n1C1CC1. The Kier molecular flexibility index (Phi) is 4.65. The standard InChI is InChI=1S/C14H17N5O3S/c1-9-17-18-14(19(9)10-4-5-10)23-8-12(20)16-13(21)15-7-11-3-2-6-22-11/h2-3,6,10H,4-5,7-8H2,1H3,(H2,15,16,20,21). The van der Waals surface area contributed by atoms with E-state index in [1.807, 2.05) is 6.92 Å². The lowest BCUT2D eigenvalue weighted by Crippen LogP contribution is -2.39. The molecule has 2 N–H and O–H groups in total. The summed E-state index contributed by atoms with van der Waals surface area (Å²) in [5, 5.41) is 13.7. The molecule has 2 aromatic heterocycles. The van der Waals surface area contributed by atoms with Crippen molar-refractivity contribution in [3.05, 3.63) is 30.0 Å². The van der Waals surface area contributed by atoms with Crippen molar-refractivity contribution in [2.24, 2.45) is 0 Å². The van der Waals surface area contributed by atoms with Crippen LogP contribution in [0.2, 0.25) is 0 Å². The number of nitrogens with zero attached hydrogens (tertiary/aromatic N) is 3. The third-order valence-corrected chi connectivity index (χ3v) is 4.28. The van der Waals surface area contributed by atoms with Crippen molar-refractivity contribution >= 4 is 23.7 Å². The van der Waals surface area contributed by atoms with Gasteiger partial charge in [-0.25, -0.2) is 4.79 Å². The van der Waals surface area contributed by atoms with E-state index >= 15 is 0 Å². The second kappa shape index (κ2) is 6.86. The van der Waals surface area contributed by atoms with Crippen molar-refractivity contribution in [1.29, 1.82) is 0 Å². The van der Waals surface area contributed by atoms with Gasteiger partial charge in [0.2, 0.25) is 5.91 Å². The van der Waals surface area contributed by atoms with Crippen LogP contribution in [0, 0.1) is 6.92 Å². The van der Waals surface area contributed by atoms with E-state index in [0.717, 1.165) is 23.8 Å². The molecule has 3 rings (SSSR count). The maximum atomic E-state index is 11.8. The fraction of sp³-hybridized carbons (Fsp3) is 0.429. The summed E-state index contributed by atoms with van der Waals surface area (Å²) < 4.78 is 7.14. The van der Waals surface area contributed by atoms with Crippen LogP contribution in [0.1, 0.15) is 30.5 Å². The van der Waals surface area contributed by atoms with Gasteiger partial charge < -0.3 is 14.3 Å². The van der Waals surface area contributed by atoms with Crippen LogP contribution in [0.4, 0.5) is 4.79 Å². The van der Waals surface area contributed by atoms with Gasteiger partial charge >= 0.3 is 6.03 Å². The first-order valence-corrected chi connectivity index (χ1v) is 8.26. The van der Waals surface area contributed by atoms with E-state index in [-0.39, 0.29) is 18.2 Å². The number of furan rings is 1. The fourth-order valence-electron chi connectivity index (χ4n) is 2.12. The molecule has 0 saturated heterocycles. The summed E-state index contributed by atoms with van der Waals surface area (Å²) >= 11 is 1.28. The van der Waals surface area contributed by atoms with Crippen LogP contribution < -0.4 is 10.6 Å². The van der Waals surface area contributed by atoms with Gasteiger partial charge in [0.15, 0.2) is 5.16 Å². The molecule has 9 heteroatoms. The molecule has 1 saturated carbocycles. The number of aromatic nitrogens is 3. The molecule has 1 fully saturated rings. The number of nitrogens with one attached hydrogen (secondary N) is 2. The summed E-state index contributed by atoms with van der Waals surface area (Å²) in [6.45, 7) is 2.13. The zero-order valence-corrected chi connectivity index (χ0v) is 13.4. The van der Waals surface area contributed by atoms with Crippen molar-refractivity contribution in [3.8, 4) is 0 Å². The highest BCUT2D eigenvalue weighted by Crippen LogP contribution is 2.38. The number of carbonyl (C=O) groups is 2. The van der Waals surface area contributed by atoms with Gasteiger partial charge in [0.05, 0.1) is 18.6 Å². The van der Waals surface area contributed by atoms with Crippen LogP contribution in [0.25, 0.3) is 0 Å². The molecule has 0 unspecified atom stereocenters. The molecule has 1 aliphatic carbocycles. The maximum absolute atomic E-state index is 11.8. The molecule has 8 nitrogen and oxygen atoms in total. The number of rotatable bonds is 6. The second-order valence-corrected chi connectivity index (χ2v) is 6.17. The van der Waals surface area contributed by atoms with E-state index in [9.17, 15) is 9.59 Å². The van der Waals surface area contributed by atoms with Crippen LogP contribution in [-0.4, -0.2) is 32.5 Å². The lowest BCUT2D eigenvalue weighted by molar-refractivity contribution is -0.117. The van der Waals surface area contributed by atoms with Gasteiger partial charge in [-0.05, 0) is 31.9 Å². The molecular weight excluding hydrogens is 318 g/mol. The molecule has 0 spiro atoms. The second-order valence-electron chi connectivity index (χ2n) is 5.23. The van der Waals surface area contributed by atoms with Gasteiger partial charge in [-0.2, -0.15) is 0 Å². The Morgan fingerprint density at radius 3 is 2.96 bits per heavy atom. The summed E-state index contributed by atoms with van der Waals surface area (Å²) in [4.78, 5) is 23.4. The van der Waals surface area contributed by atoms with Gasteiger partial charge in [0.1, 0.15) is 11.6 Å². The van der Waals surface area contributed by atoms with Crippen LogP contribution in [-0.2, 0) is 11.3 Å². The monoisotopic (exact) mass is 335 g/mol. The van der Waals surface area contributed by atoms with Crippen molar-refractivity contribution in [3.63, 3.8) is 0 Å². The Labute approximate surface area is 137 Å². The molecule has 3 amide bonds. The lowest BCUT2D eigenvalue weighted by atomic mass is 10.4. The summed E-state index contributed by atoms with van der Waals surface area (Å²) in [7, 11) is 0. The Balaban J connectivity index is 1.43. The van der Waals surface area contributed by atoms with E-state index in [2.05, 4.69) is 25.4 Å². The van der Waals surface area contributed by atoms with E-state index in [0.29, 0.717) is 11.8 Å². The summed E-state index contributed by atoms with van der Waals surface area (Å²) in [5.74, 6) is 1.20. The third-order valence-electron chi connectivity index (χ3n) is 3.34. The van der Waals surface area contributed by atoms with Crippen molar-refractivity contribution in [2.45, 2.75) is 37.5 Å². The van der Waals surface area contributed by atoms with Crippen LogP contribution in [0.3, 0.4) is 0 Å². The van der Waals surface area contributed by atoms with Gasteiger partial charge in [0, 0.05) is 6.04 Å². The highest BCUT2D eigenvalue weighted by Gasteiger charge is 2.28. The number of aryl methyl sites for hydroxylation is 1. The first kappa shape index (κ1) is 15.6. The number of hydrogen-bond donors (Lipinski definition) is 2. The average molecular weight is 335 g/mol. The molecule has 23 heavy (non-hydrogen) atoms. The van der Waals surface area contributed by atoms with Crippen molar-refractivity contribution < 1.29 is 14.0 Å². The quantitative estimate of drug-likeness (QED) is 0.778. The number of imide groups is 1. The molecular formula is C14H17N5O3S. The molecule has 0 aliphatic heterocycles. The molecule has 2 aromatic rings. The van der Waals surface area contributed by atoms with Gasteiger partial charge in [0.25, 0.3) is 0 Å². The first-order valence-electron chi connectivity index (χ1n) is 7.28. The Bertz CT molecular complexity index is 693. The van der Waals surface area contributed by atoms with Crippen LogP contribution in [0.5, 0.6) is 0 Å². The number of thioether (sulfide) groups is 1. The van der Waals surface area contributed by atoms with Gasteiger partial charge in [-0.15, -0.1) is 10.2 Å². The molecule has 0 atom stereocenters. The summed E-state index contributed by atoms with van der Waals surface area (Å²) in [6.07, 6.45) is 3.76. The Morgan fingerprint density at radius 2 is 2.26 bits per heavy atom. The van der Waals surface area contributed by atoms with Crippen LogP contribution in [0.15, 0.2) is 28.0 Å². The normalized spacial score (nSPS) is 13.8. The predicted molar refractivity (Wildman–Crippen MR) is 82.8 cm³/mol. The molecule has 1 aliphatic rings. The lowest BCUT2D eigenvalue weighted by Gasteiger charge is -2.07. The zero-order chi connectivity index (χ0) is 16.2. The van der Waals surface area contributed by atoms with E-state index in [1.54, 1.807) is 12.1 Å². The minimum atomic E-state index is -0.549. The predicted octanol–water partition coefficient (Wildman–Crippen LogP) is 1.63. The number of carbonyl (C=O) groups excluding carboxylic acids is 2. The summed E-state index contributed by atoms with van der Waals surface area (Å²) in [6, 6.07) is 3.37. The molecule has 122 valence electrons. The molecule has 0 aromatic carbocycles. The number of urea groups is 1. The van der Waals surface area contributed by atoms with Gasteiger partial charge in [-0.1, -0.05) is 11.8 Å². The minimum Gasteiger partial charge on any atom is -0.467 e.